The van der Waals surface area contributed by atoms with E-state index in [4.69, 9.17) is 9.84 Å². The Labute approximate surface area is 206 Å². The molecule has 35 heavy (non-hydrogen) atoms. The second kappa shape index (κ2) is 10.9. The lowest BCUT2D eigenvalue weighted by Crippen LogP contribution is -2.49. The molecule has 1 aliphatic heterocycles. The van der Waals surface area contributed by atoms with Gasteiger partial charge in [-0.3, -0.25) is 9.59 Å². The van der Waals surface area contributed by atoms with Crippen molar-refractivity contribution in [2.45, 2.75) is 51.5 Å². The van der Waals surface area contributed by atoms with E-state index >= 15 is 0 Å². The Balaban J connectivity index is 1.41. The fourth-order valence-electron chi connectivity index (χ4n) is 5.24. The van der Waals surface area contributed by atoms with E-state index in [1.807, 2.05) is 24.3 Å². The standard InChI is InChI=1S/C28H34N2O5/c1-3-18(2)14-25(27(33)30-13-12-19(16-30)15-26(31)32)29-28(34)35-17-24-22-10-6-4-8-20(22)21-9-5-7-11-23(21)24/h4-11,18-19,24-25H,3,12-17H2,1-2H3,(H,29,34)(H,31,32). The van der Waals surface area contributed by atoms with E-state index in [1.165, 1.54) is 0 Å². The highest BCUT2D eigenvalue weighted by Gasteiger charge is 2.34. The maximum absolute atomic E-state index is 13.3. The molecule has 2 N–H and O–H groups in total. The summed E-state index contributed by atoms with van der Waals surface area (Å²) in [5.74, 6) is -0.860. The van der Waals surface area contributed by atoms with E-state index in [0.29, 0.717) is 25.9 Å². The maximum Gasteiger partial charge on any atom is 0.407 e. The van der Waals surface area contributed by atoms with E-state index < -0.39 is 18.1 Å². The minimum absolute atomic E-state index is 0.0462. The summed E-state index contributed by atoms with van der Waals surface area (Å²) < 4.78 is 5.67. The number of rotatable bonds is 9. The second-order valence-electron chi connectivity index (χ2n) is 9.81. The largest absolute Gasteiger partial charge is 0.481 e. The van der Waals surface area contributed by atoms with Crippen molar-refractivity contribution in [3.63, 3.8) is 0 Å². The number of nitrogens with one attached hydrogen (secondary N) is 1. The van der Waals surface area contributed by atoms with Crippen molar-refractivity contribution >= 4 is 18.0 Å². The number of hydrogen-bond donors (Lipinski definition) is 2. The summed E-state index contributed by atoms with van der Waals surface area (Å²) in [6.07, 6.45) is 1.52. The monoisotopic (exact) mass is 478 g/mol. The van der Waals surface area contributed by atoms with Gasteiger partial charge < -0.3 is 20.1 Å². The van der Waals surface area contributed by atoms with Crippen LogP contribution in [0, 0.1) is 11.8 Å². The van der Waals surface area contributed by atoms with Crippen LogP contribution >= 0.6 is 0 Å². The predicted octanol–water partition coefficient (Wildman–Crippen LogP) is 4.65. The SMILES string of the molecule is CCC(C)CC(NC(=O)OCC1c2ccccc2-c2ccccc21)C(=O)N1CCC(CC(=O)O)C1. The fraction of sp³-hybridized carbons (Fsp3) is 0.464. The number of amides is 2. The predicted molar refractivity (Wildman–Crippen MR) is 133 cm³/mol. The first-order valence-corrected chi connectivity index (χ1v) is 12.5. The van der Waals surface area contributed by atoms with Gasteiger partial charge in [0, 0.05) is 25.4 Å². The molecule has 2 aromatic carbocycles. The molecule has 4 rings (SSSR count). The van der Waals surface area contributed by atoms with Gasteiger partial charge in [0.25, 0.3) is 0 Å². The minimum atomic E-state index is -0.850. The Kier molecular flexibility index (Phi) is 7.73. The molecule has 3 atom stereocenters. The number of ether oxygens (including phenoxy) is 1. The molecule has 1 fully saturated rings. The number of aliphatic carboxylic acids is 1. The zero-order chi connectivity index (χ0) is 24.9. The van der Waals surface area contributed by atoms with E-state index in [0.717, 1.165) is 28.7 Å². The average molecular weight is 479 g/mol. The van der Waals surface area contributed by atoms with Crippen molar-refractivity contribution in [3.05, 3.63) is 59.7 Å². The summed E-state index contributed by atoms with van der Waals surface area (Å²) in [4.78, 5) is 38.8. The topological polar surface area (TPSA) is 95.9 Å². The van der Waals surface area contributed by atoms with Gasteiger partial charge in [0.05, 0.1) is 0 Å². The average Bonchev–Trinajstić information content (AvgIpc) is 3.44. The molecule has 3 unspecified atom stereocenters. The molecule has 2 aliphatic rings. The zero-order valence-corrected chi connectivity index (χ0v) is 20.4. The molecule has 186 valence electrons. The van der Waals surface area contributed by atoms with Crippen LogP contribution in [-0.4, -0.2) is 53.7 Å². The molecule has 1 saturated heterocycles. The summed E-state index contributed by atoms with van der Waals surface area (Å²) in [5.41, 5.74) is 4.59. The highest BCUT2D eigenvalue weighted by molar-refractivity contribution is 5.86. The van der Waals surface area contributed by atoms with Crippen LogP contribution in [0.1, 0.15) is 56.6 Å². The Hall–Kier alpha value is -3.35. The Bertz CT molecular complexity index is 1040. The van der Waals surface area contributed by atoms with Gasteiger partial charge in [-0.1, -0.05) is 68.8 Å². The van der Waals surface area contributed by atoms with Crippen LogP contribution in [0.2, 0.25) is 0 Å². The molecular formula is C28H34N2O5. The van der Waals surface area contributed by atoms with E-state index in [-0.39, 0.29) is 36.7 Å². The molecule has 2 aromatic rings. The number of carbonyl (C=O) groups excluding carboxylic acids is 2. The molecule has 0 radical (unpaired) electrons. The lowest BCUT2D eigenvalue weighted by Gasteiger charge is -2.26. The van der Waals surface area contributed by atoms with Crippen LogP contribution in [0.5, 0.6) is 0 Å². The van der Waals surface area contributed by atoms with Gasteiger partial charge in [0.2, 0.25) is 5.91 Å². The van der Waals surface area contributed by atoms with Gasteiger partial charge in [0.1, 0.15) is 12.6 Å². The number of hydrogen-bond acceptors (Lipinski definition) is 4. The van der Waals surface area contributed by atoms with Crippen LogP contribution in [-0.2, 0) is 14.3 Å². The lowest BCUT2D eigenvalue weighted by molar-refractivity contribution is -0.138. The summed E-state index contributed by atoms with van der Waals surface area (Å²) in [7, 11) is 0. The molecule has 7 nitrogen and oxygen atoms in total. The maximum atomic E-state index is 13.3. The summed E-state index contributed by atoms with van der Waals surface area (Å²) >= 11 is 0. The van der Waals surface area contributed by atoms with E-state index in [1.54, 1.807) is 4.90 Å². The minimum Gasteiger partial charge on any atom is -0.481 e. The Morgan fingerprint density at radius 3 is 2.31 bits per heavy atom. The fourth-order valence-corrected chi connectivity index (χ4v) is 5.24. The molecular weight excluding hydrogens is 444 g/mol. The van der Waals surface area contributed by atoms with Crippen molar-refractivity contribution in [3.8, 4) is 11.1 Å². The smallest absolute Gasteiger partial charge is 0.407 e. The van der Waals surface area contributed by atoms with Crippen LogP contribution in [0.15, 0.2) is 48.5 Å². The normalized spacial score (nSPS) is 18.5. The third-order valence-corrected chi connectivity index (χ3v) is 7.33. The summed E-state index contributed by atoms with van der Waals surface area (Å²) in [5, 5.41) is 11.9. The Morgan fingerprint density at radius 1 is 1.09 bits per heavy atom. The van der Waals surface area contributed by atoms with Gasteiger partial charge in [-0.2, -0.15) is 0 Å². The third kappa shape index (κ3) is 5.66. The van der Waals surface area contributed by atoms with Gasteiger partial charge in [-0.05, 0) is 46.9 Å². The number of fused-ring (bicyclic) bond motifs is 3. The molecule has 1 heterocycles. The number of nitrogens with zero attached hydrogens (tertiary/aromatic N) is 1. The van der Waals surface area contributed by atoms with Crippen molar-refractivity contribution in [1.82, 2.24) is 10.2 Å². The molecule has 1 aliphatic carbocycles. The first-order chi connectivity index (χ1) is 16.9. The number of likely N-dealkylation sites (tertiary alicyclic amines) is 1. The molecule has 0 saturated carbocycles. The van der Waals surface area contributed by atoms with Gasteiger partial charge in [0.15, 0.2) is 0 Å². The van der Waals surface area contributed by atoms with Crippen LogP contribution in [0.3, 0.4) is 0 Å². The highest BCUT2D eigenvalue weighted by atomic mass is 16.5. The molecule has 0 bridgehead atoms. The van der Waals surface area contributed by atoms with Crippen LogP contribution in [0.4, 0.5) is 4.79 Å². The molecule has 0 aromatic heterocycles. The quantitative estimate of drug-likeness (QED) is 0.547. The van der Waals surface area contributed by atoms with Gasteiger partial charge in [-0.15, -0.1) is 0 Å². The van der Waals surface area contributed by atoms with Gasteiger partial charge in [-0.25, -0.2) is 4.79 Å². The van der Waals surface area contributed by atoms with Crippen LogP contribution in [0.25, 0.3) is 11.1 Å². The van der Waals surface area contributed by atoms with E-state index in [2.05, 4.69) is 43.4 Å². The second-order valence-corrected chi connectivity index (χ2v) is 9.81. The van der Waals surface area contributed by atoms with E-state index in [9.17, 15) is 14.4 Å². The van der Waals surface area contributed by atoms with Crippen LogP contribution < -0.4 is 5.32 Å². The first kappa shape index (κ1) is 24.8. The van der Waals surface area contributed by atoms with Crippen molar-refractivity contribution < 1.29 is 24.2 Å². The third-order valence-electron chi connectivity index (χ3n) is 7.33. The first-order valence-electron chi connectivity index (χ1n) is 12.5. The lowest BCUT2D eigenvalue weighted by atomic mass is 9.98. The summed E-state index contributed by atoms with van der Waals surface area (Å²) in [6.45, 7) is 5.22. The summed E-state index contributed by atoms with van der Waals surface area (Å²) in [6, 6.07) is 15.6. The number of benzene rings is 2. The number of alkyl carbamates (subject to hydrolysis) is 1. The molecule has 0 spiro atoms. The van der Waals surface area contributed by atoms with Crippen molar-refractivity contribution in [1.29, 1.82) is 0 Å². The number of carboxylic acid groups (broad SMARTS) is 1. The molecule has 2 amide bonds. The molecule has 7 heteroatoms. The van der Waals surface area contributed by atoms with Crippen molar-refractivity contribution in [2.75, 3.05) is 19.7 Å². The van der Waals surface area contributed by atoms with Gasteiger partial charge >= 0.3 is 12.1 Å². The van der Waals surface area contributed by atoms with Crippen molar-refractivity contribution in [2.24, 2.45) is 11.8 Å². The zero-order valence-electron chi connectivity index (χ0n) is 20.4. The highest BCUT2D eigenvalue weighted by Crippen LogP contribution is 2.44. The number of carboxylic acids is 1. The Morgan fingerprint density at radius 2 is 1.71 bits per heavy atom. The number of carbonyl (C=O) groups is 3.